The van der Waals surface area contributed by atoms with Crippen LogP contribution in [0.25, 0.3) is 0 Å². The first-order valence-corrected chi connectivity index (χ1v) is 6.59. The number of phenolic OH excluding ortho intramolecular Hbond substituents is 2. The molecule has 3 N–H and O–H groups in total. The van der Waals surface area contributed by atoms with Crippen molar-refractivity contribution in [2.45, 2.75) is 45.2 Å². The largest absolute Gasteiger partial charge is 0.508 e. The molecule has 2 atom stereocenters. The maximum atomic E-state index is 12.1. The molecule has 1 fully saturated rings. The van der Waals surface area contributed by atoms with Gasteiger partial charge in [0.25, 0.3) is 5.91 Å². The highest BCUT2D eigenvalue weighted by Gasteiger charge is 2.26. The third-order valence-corrected chi connectivity index (χ3v) is 3.59. The third-order valence-electron chi connectivity index (χ3n) is 3.59. The molecule has 0 saturated carbocycles. The monoisotopic (exact) mass is 264 g/mol. The van der Waals surface area contributed by atoms with E-state index in [2.05, 4.69) is 19.3 Å². The number of aromatic hydroxyl groups is 2. The molecule has 0 aliphatic carbocycles. The van der Waals surface area contributed by atoms with Crippen molar-refractivity contribution >= 4 is 5.91 Å². The Morgan fingerprint density at radius 3 is 2.21 bits per heavy atom. The van der Waals surface area contributed by atoms with Gasteiger partial charge < -0.3 is 10.2 Å². The summed E-state index contributed by atoms with van der Waals surface area (Å²) in [5.41, 5.74) is 3.11. The number of carbonyl (C=O) groups is 1. The van der Waals surface area contributed by atoms with Crippen LogP contribution in [-0.4, -0.2) is 33.2 Å². The van der Waals surface area contributed by atoms with E-state index >= 15 is 0 Å². The third kappa shape index (κ3) is 3.17. The van der Waals surface area contributed by atoms with Crippen LogP contribution in [-0.2, 0) is 0 Å². The van der Waals surface area contributed by atoms with Gasteiger partial charge >= 0.3 is 0 Å². The van der Waals surface area contributed by atoms with Crippen molar-refractivity contribution in [3.8, 4) is 11.5 Å². The van der Waals surface area contributed by atoms with Crippen molar-refractivity contribution in [2.75, 3.05) is 0 Å². The van der Waals surface area contributed by atoms with E-state index in [1.54, 1.807) is 0 Å². The highest BCUT2D eigenvalue weighted by molar-refractivity contribution is 5.94. The number of rotatable bonds is 2. The molecule has 5 heteroatoms. The van der Waals surface area contributed by atoms with Crippen molar-refractivity contribution in [3.05, 3.63) is 23.8 Å². The number of hydrogen-bond donors (Lipinski definition) is 3. The molecule has 0 radical (unpaired) electrons. The average molecular weight is 264 g/mol. The van der Waals surface area contributed by atoms with E-state index in [-0.39, 0.29) is 23.0 Å². The molecule has 1 saturated heterocycles. The van der Waals surface area contributed by atoms with Gasteiger partial charge in [-0.05, 0) is 38.8 Å². The second-order valence-electron chi connectivity index (χ2n) is 5.22. The molecule has 2 rings (SSSR count). The predicted octanol–water partition coefficient (Wildman–Crippen LogP) is 2.01. The van der Waals surface area contributed by atoms with Gasteiger partial charge in [-0.3, -0.25) is 10.2 Å². The lowest BCUT2D eigenvalue weighted by molar-refractivity contribution is 0.0369. The van der Waals surface area contributed by atoms with Crippen LogP contribution in [0.3, 0.4) is 0 Å². The number of amides is 1. The van der Waals surface area contributed by atoms with Crippen molar-refractivity contribution < 1.29 is 15.0 Å². The number of nitrogens with zero attached hydrogens (tertiary/aromatic N) is 1. The SMILES string of the molecule is CC1CCCC(C)N1NC(=O)c1cc(O)cc(O)c1. The second kappa shape index (κ2) is 5.48. The van der Waals surface area contributed by atoms with Crippen molar-refractivity contribution in [1.29, 1.82) is 0 Å². The van der Waals surface area contributed by atoms with Crippen LogP contribution < -0.4 is 5.43 Å². The van der Waals surface area contributed by atoms with E-state index in [1.165, 1.54) is 24.6 Å². The fourth-order valence-electron chi connectivity index (χ4n) is 2.55. The van der Waals surface area contributed by atoms with Crippen molar-refractivity contribution in [2.24, 2.45) is 0 Å². The van der Waals surface area contributed by atoms with E-state index < -0.39 is 0 Å². The molecule has 2 unspecified atom stereocenters. The van der Waals surface area contributed by atoms with Crippen molar-refractivity contribution in [1.82, 2.24) is 10.4 Å². The van der Waals surface area contributed by atoms with Crippen molar-refractivity contribution in [3.63, 3.8) is 0 Å². The molecule has 19 heavy (non-hydrogen) atoms. The standard InChI is InChI=1S/C14H20N2O3/c1-9-4-3-5-10(2)16(9)15-14(19)11-6-12(17)8-13(18)7-11/h6-10,17-18H,3-5H2,1-2H3,(H,15,19). The molecule has 0 bridgehead atoms. The average Bonchev–Trinajstić information content (AvgIpc) is 2.32. The van der Waals surface area contributed by atoms with E-state index in [0.717, 1.165) is 12.8 Å². The Kier molecular flexibility index (Phi) is 3.95. The predicted molar refractivity (Wildman–Crippen MR) is 71.9 cm³/mol. The molecule has 1 aromatic carbocycles. The van der Waals surface area contributed by atoms with Gasteiger partial charge in [-0.25, -0.2) is 5.01 Å². The first kappa shape index (κ1) is 13.7. The molecule has 0 aromatic heterocycles. The summed E-state index contributed by atoms with van der Waals surface area (Å²) >= 11 is 0. The number of phenols is 2. The second-order valence-corrected chi connectivity index (χ2v) is 5.22. The van der Waals surface area contributed by atoms with Gasteiger partial charge in [0.1, 0.15) is 11.5 Å². The summed E-state index contributed by atoms with van der Waals surface area (Å²) in [4.78, 5) is 12.1. The van der Waals surface area contributed by atoms with Crippen LogP contribution in [0.2, 0.25) is 0 Å². The fraction of sp³-hybridized carbons (Fsp3) is 0.500. The lowest BCUT2D eigenvalue weighted by Crippen LogP contribution is -2.54. The zero-order valence-corrected chi connectivity index (χ0v) is 11.3. The Morgan fingerprint density at radius 2 is 1.68 bits per heavy atom. The Morgan fingerprint density at radius 1 is 1.16 bits per heavy atom. The lowest BCUT2D eigenvalue weighted by Gasteiger charge is -2.38. The Hall–Kier alpha value is -1.75. The maximum absolute atomic E-state index is 12.1. The van der Waals surface area contributed by atoms with E-state index in [1.807, 2.05) is 5.01 Å². The smallest absolute Gasteiger partial charge is 0.265 e. The molecule has 1 heterocycles. The molecule has 1 aliphatic rings. The lowest BCUT2D eigenvalue weighted by atomic mass is 10.00. The summed E-state index contributed by atoms with van der Waals surface area (Å²) in [7, 11) is 0. The summed E-state index contributed by atoms with van der Waals surface area (Å²) in [5.74, 6) is -0.554. The molecule has 1 amide bonds. The molecule has 0 spiro atoms. The Bertz CT molecular complexity index is 446. The number of hydrazine groups is 1. The molecule has 104 valence electrons. The van der Waals surface area contributed by atoms with Gasteiger partial charge in [-0.1, -0.05) is 6.42 Å². The highest BCUT2D eigenvalue weighted by Crippen LogP contribution is 2.23. The van der Waals surface area contributed by atoms with Crippen LogP contribution in [0.4, 0.5) is 0 Å². The topological polar surface area (TPSA) is 72.8 Å². The summed E-state index contributed by atoms with van der Waals surface area (Å²) in [6, 6.07) is 4.46. The quantitative estimate of drug-likeness (QED) is 0.764. The number of piperidine rings is 1. The summed E-state index contributed by atoms with van der Waals surface area (Å²) in [5, 5.41) is 20.7. The highest BCUT2D eigenvalue weighted by atomic mass is 16.3. The summed E-state index contributed by atoms with van der Waals surface area (Å²) in [6.07, 6.45) is 3.27. The molecular weight excluding hydrogens is 244 g/mol. The van der Waals surface area contributed by atoms with Crippen LogP contribution in [0.15, 0.2) is 18.2 Å². The Balaban J connectivity index is 2.11. The minimum atomic E-state index is -0.313. The van der Waals surface area contributed by atoms with Gasteiger partial charge in [-0.15, -0.1) is 0 Å². The number of benzene rings is 1. The van der Waals surface area contributed by atoms with E-state index in [0.29, 0.717) is 12.1 Å². The molecular formula is C14H20N2O3. The van der Waals surface area contributed by atoms with Crippen LogP contribution in [0.1, 0.15) is 43.5 Å². The molecule has 1 aromatic rings. The van der Waals surface area contributed by atoms with Gasteiger partial charge in [0.05, 0.1) is 0 Å². The van der Waals surface area contributed by atoms with Gasteiger partial charge in [0, 0.05) is 23.7 Å². The molecule has 1 aliphatic heterocycles. The van der Waals surface area contributed by atoms with Crippen LogP contribution >= 0.6 is 0 Å². The maximum Gasteiger partial charge on any atom is 0.265 e. The van der Waals surface area contributed by atoms with Gasteiger partial charge in [-0.2, -0.15) is 0 Å². The first-order chi connectivity index (χ1) is 8.97. The van der Waals surface area contributed by atoms with E-state index in [4.69, 9.17) is 0 Å². The minimum absolute atomic E-state index is 0.120. The number of hydrogen-bond acceptors (Lipinski definition) is 4. The fourth-order valence-corrected chi connectivity index (χ4v) is 2.55. The zero-order chi connectivity index (χ0) is 14.0. The number of nitrogens with one attached hydrogen (secondary N) is 1. The van der Waals surface area contributed by atoms with Crippen LogP contribution in [0.5, 0.6) is 11.5 Å². The normalized spacial score (nSPS) is 24.1. The zero-order valence-electron chi connectivity index (χ0n) is 11.3. The van der Waals surface area contributed by atoms with Gasteiger partial charge in [0.15, 0.2) is 0 Å². The summed E-state index contributed by atoms with van der Waals surface area (Å²) < 4.78 is 0. The Labute approximate surface area is 112 Å². The van der Waals surface area contributed by atoms with E-state index in [9.17, 15) is 15.0 Å². The molecule has 5 nitrogen and oxygen atoms in total. The number of carbonyl (C=O) groups excluding carboxylic acids is 1. The first-order valence-electron chi connectivity index (χ1n) is 6.59. The van der Waals surface area contributed by atoms with Gasteiger partial charge in [0.2, 0.25) is 0 Å². The minimum Gasteiger partial charge on any atom is -0.508 e. The summed E-state index contributed by atoms with van der Waals surface area (Å²) in [6.45, 7) is 4.16. The van der Waals surface area contributed by atoms with Crippen LogP contribution in [0, 0.1) is 0 Å².